The fraction of sp³-hybridized carbons (Fsp3) is 0. The number of hydrogen-bond donors (Lipinski definition) is 2. The summed E-state index contributed by atoms with van der Waals surface area (Å²) in [5.74, 6) is 0.286. The smallest absolute Gasteiger partial charge is 0.115 e. The quantitative estimate of drug-likeness (QED) is 0.152. The lowest BCUT2D eigenvalue weighted by Crippen LogP contribution is -1.89. The molecule has 7 rings (SSSR count). The first-order valence-electron chi connectivity index (χ1n) is 15.1. The predicted molar refractivity (Wildman–Crippen MR) is 197 cm³/mol. The molecule has 0 aliphatic rings. The average Bonchev–Trinajstić information content (AvgIpc) is 3.12. The van der Waals surface area contributed by atoms with Gasteiger partial charge in [0.2, 0.25) is 0 Å². The lowest BCUT2D eigenvalue weighted by molar-refractivity contribution is 0.475. The van der Waals surface area contributed by atoms with Crippen LogP contribution in [0.2, 0.25) is 0 Å². The van der Waals surface area contributed by atoms with Gasteiger partial charge in [-0.05, 0) is 134 Å². The van der Waals surface area contributed by atoms with E-state index in [4.69, 9.17) is 0 Å². The predicted octanol–water partition coefficient (Wildman–Crippen LogP) is 12.5. The molecular weight excluding hydrogens is 617 g/mol. The molecule has 224 valence electrons. The number of aromatic hydroxyl groups is 1. The molecule has 0 heterocycles. The van der Waals surface area contributed by atoms with Crippen LogP contribution in [0.1, 0.15) is 0 Å². The molecule has 0 radical (unpaired) electrons. The first kappa shape index (κ1) is 30.1. The van der Waals surface area contributed by atoms with Crippen molar-refractivity contribution in [3.8, 4) is 28.0 Å². The highest BCUT2D eigenvalue weighted by molar-refractivity contribution is 8.17. The van der Waals surface area contributed by atoms with Crippen LogP contribution in [-0.2, 0) is 0 Å². The van der Waals surface area contributed by atoms with Gasteiger partial charge in [-0.15, -0.1) is 0 Å². The van der Waals surface area contributed by atoms with Gasteiger partial charge < -0.3 is 5.11 Å². The van der Waals surface area contributed by atoms with Gasteiger partial charge in [-0.2, -0.15) is 10.9 Å². The van der Waals surface area contributed by atoms with Crippen LogP contribution >= 0.6 is 34.4 Å². The van der Waals surface area contributed by atoms with Crippen LogP contribution in [0.3, 0.4) is 0 Å². The zero-order valence-corrected chi connectivity index (χ0v) is 27.6. The van der Waals surface area contributed by atoms with Crippen LogP contribution in [0.15, 0.2) is 216 Å². The normalized spacial score (nSPS) is 11.3. The molecule has 7 aromatic carbocycles. The van der Waals surface area contributed by atoms with Gasteiger partial charge in [0.1, 0.15) is 5.75 Å². The second-order valence-corrected chi connectivity index (χ2v) is 15.3. The minimum absolute atomic E-state index is 0.286. The standard InChI is InChI=1S/C42H32OS3/c43-35-15-25-40(26-16-35)46(41-27-21-38(22-28-41)44-36-17-11-33(12-18-36)31-7-3-1-4-8-31)42-29-23-39(24-30-42)45-37-19-13-34(14-20-37)32-9-5-2-6-10-32/h1-30,43,46H. The summed E-state index contributed by atoms with van der Waals surface area (Å²) in [7, 11) is -0.792. The molecule has 7 aromatic rings. The van der Waals surface area contributed by atoms with E-state index in [2.05, 4.69) is 158 Å². The maximum atomic E-state index is 10.00. The van der Waals surface area contributed by atoms with E-state index in [-0.39, 0.29) is 5.75 Å². The SMILES string of the molecule is Oc1ccc([SH](c2ccc(Sc3ccc(-c4ccccc4)cc3)cc2)c2ccc(Sc3ccc(-c4ccccc4)cc3)cc2)cc1. The van der Waals surface area contributed by atoms with Crippen molar-refractivity contribution in [1.82, 2.24) is 0 Å². The number of rotatable bonds is 9. The average molecular weight is 649 g/mol. The molecule has 0 saturated heterocycles. The fourth-order valence-corrected chi connectivity index (χ4v) is 9.21. The third kappa shape index (κ3) is 7.27. The van der Waals surface area contributed by atoms with E-state index in [1.807, 2.05) is 12.1 Å². The van der Waals surface area contributed by atoms with Crippen molar-refractivity contribution in [1.29, 1.82) is 0 Å². The van der Waals surface area contributed by atoms with Crippen LogP contribution in [0.4, 0.5) is 0 Å². The Balaban J connectivity index is 1.08. The number of hydrogen-bond acceptors (Lipinski definition) is 3. The summed E-state index contributed by atoms with van der Waals surface area (Å²) in [6, 6.07) is 64.1. The monoisotopic (exact) mass is 648 g/mol. The van der Waals surface area contributed by atoms with Crippen molar-refractivity contribution in [2.24, 2.45) is 0 Å². The van der Waals surface area contributed by atoms with E-state index in [1.165, 1.54) is 56.5 Å². The van der Waals surface area contributed by atoms with Gasteiger partial charge in [0.15, 0.2) is 0 Å². The Kier molecular flexibility index (Phi) is 9.29. The van der Waals surface area contributed by atoms with Crippen LogP contribution in [0.25, 0.3) is 22.3 Å². The summed E-state index contributed by atoms with van der Waals surface area (Å²) in [4.78, 5) is 8.63. The van der Waals surface area contributed by atoms with Crippen LogP contribution in [0.5, 0.6) is 5.75 Å². The molecule has 46 heavy (non-hydrogen) atoms. The second kappa shape index (κ2) is 14.2. The van der Waals surface area contributed by atoms with Crippen molar-refractivity contribution in [3.05, 3.63) is 182 Å². The third-order valence-electron chi connectivity index (χ3n) is 7.69. The highest BCUT2D eigenvalue weighted by Gasteiger charge is 2.14. The van der Waals surface area contributed by atoms with Crippen molar-refractivity contribution >= 4 is 34.4 Å². The van der Waals surface area contributed by atoms with Gasteiger partial charge >= 0.3 is 0 Å². The third-order valence-corrected chi connectivity index (χ3v) is 12.2. The molecule has 0 aliphatic carbocycles. The summed E-state index contributed by atoms with van der Waals surface area (Å²) in [5.41, 5.74) is 4.92. The number of phenolic OH excluding ortho intramolecular Hbond substituents is 1. The summed E-state index contributed by atoms with van der Waals surface area (Å²) >= 11 is 3.56. The molecule has 0 unspecified atom stereocenters. The summed E-state index contributed by atoms with van der Waals surface area (Å²) < 4.78 is 0. The Morgan fingerprint density at radius 2 is 0.587 bits per heavy atom. The largest absolute Gasteiger partial charge is 0.508 e. The van der Waals surface area contributed by atoms with Gasteiger partial charge in [-0.1, -0.05) is 108 Å². The topological polar surface area (TPSA) is 20.2 Å². The van der Waals surface area contributed by atoms with E-state index < -0.39 is 10.9 Å². The summed E-state index contributed by atoms with van der Waals surface area (Å²) in [6.45, 7) is 0. The Hall–Kier alpha value is -4.61. The fourth-order valence-electron chi connectivity index (χ4n) is 5.34. The minimum Gasteiger partial charge on any atom is -0.508 e. The van der Waals surface area contributed by atoms with Gasteiger partial charge in [0.05, 0.1) is 0 Å². The molecule has 0 atom stereocenters. The summed E-state index contributed by atoms with van der Waals surface area (Å²) in [6.07, 6.45) is 0. The van der Waals surface area contributed by atoms with Crippen LogP contribution < -0.4 is 0 Å². The molecule has 0 spiro atoms. The van der Waals surface area contributed by atoms with Gasteiger partial charge in [0.25, 0.3) is 0 Å². The molecule has 0 aliphatic heterocycles. The Labute approximate surface area is 282 Å². The van der Waals surface area contributed by atoms with Crippen LogP contribution in [0, 0.1) is 0 Å². The lowest BCUT2D eigenvalue weighted by Gasteiger charge is -2.24. The molecule has 1 nitrogen and oxygen atoms in total. The van der Waals surface area contributed by atoms with Crippen LogP contribution in [-0.4, -0.2) is 5.11 Å². The Morgan fingerprint density at radius 3 is 0.935 bits per heavy atom. The van der Waals surface area contributed by atoms with E-state index in [1.54, 1.807) is 35.7 Å². The molecular formula is C42H32OS3. The Morgan fingerprint density at radius 1 is 0.304 bits per heavy atom. The van der Waals surface area contributed by atoms with Crippen molar-refractivity contribution < 1.29 is 5.11 Å². The van der Waals surface area contributed by atoms with Crippen molar-refractivity contribution in [2.75, 3.05) is 0 Å². The second-order valence-electron chi connectivity index (χ2n) is 10.8. The highest BCUT2D eigenvalue weighted by Crippen LogP contribution is 2.52. The number of benzene rings is 7. The van der Waals surface area contributed by atoms with E-state index in [9.17, 15) is 5.11 Å². The van der Waals surface area contributed by atoms with Crippen molar-refractivity contribution in [3.63, 3.8) is 0 Å². The van der Waals surface area contributed by atoms with E-state index in [0.29, 0.717) is 0 Å². The zero-order valence-electron chi connectivity index (χ0n) is 25.0. The minimum atomic E-state index is -0.792. The molecule has 4 heteroatoms. The van der Waals surface area contributed by atoms with Gasteiger partial charge in [0, 0.05) is 19.6 Å². The molecule has 1 N–H and O–H groups in total. The summed E-state index contributed by atoms with van der Waals surface area (Å²) in [5, 5.41) is 10.00. The molecule has 0 saturated carbocycles. The number of phenols is 1. The maximum absolute atomic E-state index is 10.00. The van der Waals surface area contributed by atoms with E-state index >= 15 is 0 Å². The van der Waals surface area contributed by atoms with Gasteiger partial charge in [-0.3, -0.25) is 0 Å². The first-order chi connectivity index (χ1) is 22.7. The molecule has 0 fully saturated rings. The number of thiol groups is 1. The molecule has 0 bridgehead atoms. The highest BCUT2D eigenvalue weighted by atomic mass is 32.2. The molecule has 0 aromatic heterocycles. The lowest BCUT2D eigenvalue weighted by atomic mass is 10.1. The zero-order chi connectivity index (χ0) is 31.1. The van der Waals surface area contributed by atoms with Gasteiger partial charge in [-0.25, -0.2) is 0 Å². The Bertz CT molecular complexity index is 1860. The van der Waals surface area contributed by atoms with E-state index in [0.717, 1.165) is 0 Å². The van der Waals surface area contributed by atoms with Crippen molar-refractivity contribution in [2.45, 2.75) is 34.3 Å². The first-order valence-corrected chi connectivity index (χ1v) is 18.1. The maximum Gasteiger partial charge on any atom is 0.115 e. The molecule has 0 amide bonds.